The van der Waals surface area contributed by atoms with Gasteiger partial charge in [0.15, 0.2) is 0 Å². The topological polar surface area (TPSA) is 46.1 Å². The molecule has 0 spiro atoms. The summed E-state index contributed by atoms with van der Waals surface area (Å²) in [6.07, 6.45) is 3.90. The molecule has 4 nitrogen and oxygen atoms in total. The minimum atomic E-state index is -0.677. The highest BCUT2D eigenvalue weighted by Crippen LogP contribution is 2.68. The van der Waals surface area contributed by atoms with Gasteiger partial charge in [-0.2, -0.15) is 5.10 Å². The number of benzene rings is 1. The van der Waals surface area contributed by atoms with E-state index in [0.717, 1.165) is 43.5 Å². The number of amides is 1. The number of carbonyl (C=O) groups is 1. The van der Waals surface area contributed by atoms with Gasteiger partial charge in [0, 0.05) is 12.6 Å². The van der Waals surface area contributed by atoms with E-state index in [1.54, 1.807) is 6.07 Å². The Hall–Kier alpha value is -2.37. The first-order valence-corrected chi connectivity index (χ1v) is 10.5. The average molecular weight is 395 g/mol. The van der Waals surface area contributed by atoms with E-state index in [0.29, 0.717) is 12.0 Å². The van der Waals surface area contributed by atoms with Crippen LogP contribution in [-0.4, -0.2) is 33.6 Å². The maximum Gasteiger partial charge on any atom is 0.235 e. The molecule has 29 heavy (non-hydrogen) atoms. The van der Waals surface area contributed by atoms with Crippen LogP contribution in [0.3, 0.4) is 0 Å². The quantitative estimate of drug-likeness (QED) is 0.766. The Bertz CT molecular complexity index is 1040. The average Bonchev–Trinajstić information content (AvgIpc) is 3.36. The lowest BCUT2D eigenvalue weighted by atomic mass is 9.67. The summed E-state index contributed by atoms with van der Waals surface area (Å²) in [5, 5.41) is 8.68. The number of carbonyl (C=O) groups excluding carboxylic acids is 1. The molecule has 4 bridgehead atoms. The molecule has 2 saturated heterocycles. The Morgan fingerprint density at radius 2 is 1.90 bits per heavy atom. The molecular formula is C23H23F2N3O. The molecule has 4 fully saturated rings. The van der Waals surface area contributed by atoms with Gasteiger partial charge in [-0.15, -0.1) is 5.10 Å². The Morgan fingerprint density at radius 1 is 1.17 bits per heavy atom. The van der Waals surface area contributed by atoms with Crippen molar-refractivity contribution in [1.82, 2.24) is 15.1 Å². The van der Waals surface area contributed by atoms with Gasteiger partial charge in [0.2, 0.25) is 5.91 Å². The smallest absolute Gasteiger partial charge is 0.235 e. The molecule has 1 aromatic heterocycles. The number of fused-ring (bicyclic) bond motifs is 6. The molecule has 3 heterocycles. The van der Waals surface area contributed by atoms with Gasteiger partial charge in [-0.1, -0.05) is 19.9 Å². The molecule has 2 aliphatic heterocycles. The van der Waals surface area contributed by atoms with E-state index < -0.39 is 17.0 Å². The van der Waals surface area contributed by atoms with Crippen molar-refractivity contribution >= 4 is 5.91 Å². The summed E-state index contributed by atoms with van der Waals surface area (Å²) in [5.74, 6) is -0.316. The molecule has 0 radical (unpaired) electrons. The molecule has 3 aliphatic carbocycles. The van der Waals surface area contributed by atoms with E-state index >= 15 is 0 Å². The molecule has 1 amide bonds. The maximum atomic E-state index is 14.3. The standard InChI is InChI=1S/C23H23F2N3O/c1-22(2)15-6-7-23(22,21(29)28-11-12-8-13(28)9-12)20-14(15)10-18(26-27-20)19-16(24)4-3-5-17(19)25/h3-5,10,12-13,15H,6-9,11H2,1-2H3/t12?,13?,15-,23+/m1/s1. The molecule has 7 rings (SSSR count). The van der Waals surface area contributed by atoms with Crippen LogP contribution in [0.4, 0.5) is 8.78 Å². The van der Waals surface area contributed by atoms with Crippen LogP contribution >= 0.6 is 0 Å². The first-order chi connectivity index (χ1) is 13.8. The lowest BCUT2D eigenvalue weighted by Gasteiger charge is -2.40. The first-order valence-electron chi connectivity index (χ1n) is 10.5. The third-order valence-electron chi connectivity index (χ3n) is 8.33. The fourth-order valence-electron chi connectivity index (χ4n) is 6.69. The largest absolute Gasteiger partial charge is 0.339 e. The van der Waals surface area contributed by atoms with Gasteiger partial charge >= 0.3 is 0 Å². The van der Waals surface area contributed by atoms with E-state index in [4.69, 9.17) is 0 Å². The first kappa shape index (κ1) is 17.5. The second-order valence-corrected chi connectivity index (χ2v) is 9.80. The van der Waals surface area contributed by atoms with Crippen molar-refractivity contribution < 1.29 is 13.6 Å². The van der Waals surface area contributed by atoms with Crippen LogP contribution in [0.2, 0.25) is 0 Å². The van der Waals surface area contributed by atoms with E-state index in [9.17, 15) is 13.6 Å². The molecule has 0 N–H and O–H groups in total. The number of nitrogens with zero attached hydrogens (tertiary/aromatic N) is 3. The lowest BCUT2D eigenvalue weighted by Crippen LogP contribution is -2.52. The van der Waals surface area contributed by atoms with Gasteiger partial charge in [0.25, 0.3) is 0 Å². The van der Waals surface area contributed by atoms with Crippen molar-refractivity contribution in [2.75, 3.05) is 6.54 Å². The van der Waals surface area contributed by atoms with E-state index in [1.165, 1.54) is 18.2 Å². The highest BCUT2D eigenvalue weighted by atomic mass is 19.1. The van der Waals surface area contributed by atoms with Crippen molar-refractivity contribution in [3.8, 4) is 11.3 Å². The van der Waals surface area contributed by atoms with Gasteiger partial charge in [-0.3, -0.25) is 4.79 Å². The molecule has 2 atom stereocenters. The van der Waals surface area contributed by atoms with Crippen LogP contribution in [0.15, 0.2) is 24.3 Å². The summed E-state index contributed by atoms with van der Waals surface area (Å²) in [4.78, 5) is 15.9. The number of aromatic nitrogens is 2. The molecule has 5 aliphatic rings. The lowest BCUT2D eigenvalue weighted by molar-refractivity contribution is -0.141. The van der Waals surface area contributed by atoms with Crippen molar-refractivity contribution in [1.29, 1.82) is 0 Å². The summed E-state index contributed by atoms with van der Waals surface area (Å²) in [6.45, 7) is 5.15. The van der Waals surface area contributed by atoms with Gasteiger partial charge in [0.1, 0.15) is 11.6 Å². The van der Waals surface area contributed by atoms with Crippen LogP contribution < -0.4 is 0 Å². The summed E-state index contributed by atoms with van der Waals surface area (Å²) < 4.78 is 28.6. The van der Waals surface area contributed by atoms with E-state index in [-0.39, 0.29) is 28.5 Å². The molecule has 0 unspecified atom stereocenters. The summed E-state index contributed by atoms with van der Waals surface area (Å²) in [5.41, 5.74) is 0.754. The third-order valence-corrected chi connectivity index (χ3v) is 8.33. The van der Waals surface area contributed by atoms with Gasteiger partial charge in [-0.25, -0.2) is 8.78 Å². The SMILES string of the molecule is CC1(C)[C@@H]2CC[C@@]1(C(=O)N1CC3CC1C3)c1nnc(-c3c(F)cccc3F)cc12. The van der Waals surface area contributed by atoms with Crippen molar-refractivity contribution in [2.45, 2.75) is 56.9 Å². The van der Waals surface area contributed by atoms with Crippen LogP contribution in [0.1, 0.15) is 56.7 Å². The second kappa shape index (κ2) is 5.41. The Balaban J connectivity index is 1.49. The van der Waals surface area contributed by atoms with E-state index in [1.807, 2.05) is 0 Å². The Morgan fingerprint density at radius 3 is 2.55 bits per heavy atom. The zero-order valence-electron chi connectivity index (χ0n) is 16.6. The molecule has 150 valence electrons. The molecule has 1 aromatic carbocycles. The van der Waals surface area contributed by atoms with Crippen molar-refractivity contribution in [2.24, 2.45) is 11.3 Å². The minimum absolute atomic E-state index is 0.142. The monoisotopic (exact) mass is 395 g/mol. The van der Waals surface area contributed by atoms with Gasteiger partial charge in [-0.05, 0) is 66.7 Å². The van der Waals surface area contributed by atoms with Crippen LogP contribution in [0.5, 0.6) is 0 Å². The maximum absolute atomic E-state index is 14.3. The molecule has 2 saturated carbocycles. The summed E-state index contributed by atoms with van der Waals surface area (Å²) in [7, 11) is 0. The zero-order chi connectivity index (χ0) is 20.1. The zero-order valence-corrected chi connectivity index (χ0v) is 16.6. The number of halogens is 2. The van der Waals surface area contributed by atoms with E-state index in [2.05, 4.69) is 28.9 Å². The fraction of sp³-hybridized carbons (Fsp3) is 0.522. The van der Waals surface area contributed by atoms with Crippen molar-refractivity contribution in [3.63, 3.8) is 0 Å². The summed E-state index contributed by atoms with van der Waals surface area (Å²) >= 11 is 0. The highest BCUT2D eigenvalue weighted by Gasteiger charge is 2.69. The number of hydrogen-bond donors (Lipinski definition) is 0. The Kier molecular flexibility index (Phi) is 3.26. The fourth-order valence-corrected chi connectivity index (χ4v) is 6.69. The summed E-state index contributed by atoms with van der Waals surface area (Å²) in [6, 6.07) is 5.95. The Labute approximate surface area is 168 Å². The highest BCUT2D eigenvalue weighted by molar-refractivity contribution is 5.92. The predicted octanol–water partition coefficient (Wildman–Crippen LogP) is 4.20. The molecule has 6 heteroatoms. The normalized spacial score (nSPS) is 33.0. The second-order valence-electron chi connectivity index (χ2n) is 9.80. The van der Waals surface area contributed by atoms with Crippen LogP contribution in [0.25, 0.3) is 11.3 Å². The number of rotatable bonds is 2. The predicted molar refractivity (Wildman–Crippen MR) is 103 cm³/mol. The number of hydrogen-bond acceptors (Lipinski definition) is 3. The third kappa shape index (κ3) is 1.95. The van der Waals surface area contributed by atoms with Gasteiger partial charge in [0.05, 0.1) is 22.4 Å². The van der Waals surface area contributed by atoms with Gasteiger partial charge < -0.3 is 4.90 Å². The molecular weight excluding hydrogens is 372 g/mol. The minimum Gasteiger partial charge on any atom is -0.339 e. The van der Waals surface area contributed by atoms with Crippen molar-refractivity contribution in [3.05, 3.63) is 47.2 Å². The van der Waals surface area contributed by atoms with Crippen LogP contribution in [0, 0.1) is 23.0 Å². The molecule has 2 aromatic rings. The van der Waals surface area contributed by atoms with Crippen LogP contribution in [-0.2, 0) is 10.2 Å².